The molecule has 1 atom stereocenters. The van der Waals surface area contributed by atoms with E-state index in [4.69, 9.17) is 4.74 Å². The van der Waals surface area contributed by atoms with Gasteiger partial charge in [0.1, 0.15) is 5.82 Å². The maximum Gasteiger partial charge on any atom is 0.224 e. The largest absolute Gasteiger partial charge is 0.376 e. The smallest absolute Gasteiger partial charge is 0.224 e. The molecule has 5 nitrogen and oxygen atoms in total. The zero-order chi connectivity index (χ0) is 16.6. The molecule has 3 rings (SSSR count). The van der Waals surface area contributed by atoms with Crippen molar-refractivity contribution in [1.29, 1.82) is 0 Å². The van der Waals surface area contributed by atoms with Crippen LogP contribution in [0.1, 0.15) is 30.5 Å². The normalized spacial score (nSPS) is 17.0. The van der Waals surface area contributed by atoms with Gasteiger partial charge in [-0.2, -0.15) is 4.98 Å². The highest BCUT2D eigenvalue weighted by molar-refractivity contribution is 5.42. The SMILES string of the molecule is Cc1cc(NCC2CCCO2)nc(NCCCc2ccccc2)n1. The Balaban J connectivity index is 1.46. The van der Waals surface area contributed by atoms with Gasteiger partial charge in [0.15, 0.2) is 0 Å². The van der Waals surface area contributed by atoms with Crippen LogP contribution in [0.3, 0.4) is 0 Å². The standard InChI is InChI=1S/C19H26N4O/c1-15-13-18(21-14-17-10-6-12-24-17)23-19(22-15)20-11-5-9-16-7-3-2-4-8-16/h2-4,7-8,13,17H,5-6,9-12,14H2,1H3,(H2,20,21,22,23). The van der Waals surface area contributed by atoms with E-state index in [2.05, 4.69) is 44.9 Å². The van der Waals surface area contributed by atoms with E-state index in [0.29, 0.717) is 12.1 Å². The first-order valence-electron chi connectivity index (χ1n) is 8.78. The Kier molecular flexibility index (Phi) is 6.01. The van der Waals surface area contributed by atoms with Crippen LogP contribution in [-0.4, -0.2) is 35.8 Å². The second-order valence-corrected chi connectivity index (χ2v) is 6.25. The molecule has 1 aromatic heterocycles. The van der Waals surface area contributed by atoms with Crippen molar-refractivity contribution in [3.8, 4) is 0 Å². The molecule has 0 amide bonds. The van der Waals surface area contributed by atoms with Crippen LogP contribution in [0.25, 0.3) is 0 Å². The van der Waals surface area contributed by atoms with Crippen molar-refractivity contribution in [3.63, 3.8) is 0 Å². The molecule has 0 spiro atoms. The Bertz CT molecular complexity index is 627. The van der Waals surface area contributed by atoms with Crippen molar-refractivity contribution in [2.45, 2.75) is 38.7 Å². The van der Waals surface area contributed by atoms with E-state index in [9.17, 15) is 0 Å². The van der Waals surface area contributed by atoms with E-state index >= 15 is 0 Å². The Morgan fingerprint density at radius 2 is 2.04 bits per heavy atom. The lowest BCUT2D eigenvalue weighted by Crippen LogP contribution is -2.19. The van der Waals surface area contributed by atoms with Crippen LogP contribution in [-0.2, 0) is 11.2 Å². The highest BCUT2D eigenvalue weighted by atomic mass is 16.5. The summed E-state index contributed by atoms with van der Waals surface area (Å²) in [5, 5.41) is 6.70. The second-order valence-electron chi connectivity index (χ2n) is 6.25. The summed E-state index contributed by atoms with van der Waals surface area (Å²) < 4.78 is 5.64. The molecule has 2 aromatic rings. The molecule has 1 saturated heterocycles. The predicted molar refractivity (Wildman–Crippen MR) is 97.5 cm³/mol. The van der Waals surface area contributed by atoms with E-state index < -0.39 is 0 Å². The second kappa shape index (κ2) is 8.64. The summed E-state index contributed by atoms with van der Waals surface area (Å²) in [6.07, 6.45) is 4.71. The quantitative estimate of drug-likeness (QED) is 0.728. The van der Waals surface area contributed by atoms with Gasteiger partial charge in [0, 0.05) is 31.5 Å². The number of aromatic nitrogens is 2. The number of hydrogen-bond donors (Lipinski definition) is 2. The van der Waals surface area contributed by atoms with Crippen LogP contribution >= 0.6 is 0 Å². The molecular weight excluding hydrogens is 300 g/mol. The zero-order valence-corrected chi connectivity index (χ0v) is 14.3. The van der Waals surface area contributed by atoms with Gasteiger partial charge in [0.2, 0.25) is 5.95 Å². The molecule has 5 heteroatoms. The summed E-state index contributed by atoms with van der Waals surface area (Å²) in [6, 6.07) is 12.5. The minimum absolute atomic E-state index is 0.308. The number of benzene rings is 1. The Labute approximate surface area is 143 Å². The number of nitrogens with zero attached hydrogens (tertiary/aromatic N) is 2. The number of rotatable bonds is 8. The van der Waals surface area contributed by atoms with Crippen LogP contribution in [0.5, 0.6) is 0 Å². The lowest BCUT2D eigenvalue weighted by atomic mass is 10.1. The van der Waals surface area contributed by atoms with Gasteiger partial charge in [-0.05, 0) is 38.2 Å². The average Bonchev–Trinajstić information content (AvgIpc) is 3.11. The van der Waals surface area contributed by atoms with Crippen LogP contribution in [0, 0.1) is 6.92 Å². The van der Waals surface area contributed by atoms with Crippen molar-refractivity contribution < 1.29 is 4.74 Å². The van der Waals surface area contributed by atoms with Crippen LogP contribution in [0.4, 0.5) is 11.8 Å². The fourth-order valence-corrected chi connectivity index (χ4v) is 2.90. The van der Waals surface area contributed by atoms with Crippen molar-refractivity contribution in [3.05, 3.63) is 47.7 Å². The van der Waals surface area contributed by atoms with Crippen LogP contribution < -0.4 is 10.6 Å². The minimum Gasteiger partial charge on any atom is -0.376 e. The topological polar surface area (TPSA) is 59.1 Å². The molecule has 0 saturated carbocycles. The summed E-state index contributed by atoms with van der Waals surface area (Å²) in [6.45, 7) is 4.55. The first-order valence-corrected chi connectivity index (χ1v) is 8.78. The third kappa shape index (κ3) is 5.20. The number of aryl methyl sites for hydroxylation is 2. The van der Waals surface area contributed by atoms with Crippen molar-refractivity contribution in [2.24, 2.45) is 0 Å². The van der Waals surface area contributed by atoms with E-state index in [-0.39, 0.29) is 0 Å². The fourth-order valence-electron chi connectivity index (χ4n) is 2.90. The number of ether oxygens (including phenoxy) is 1. The zero-order valence-electron chi connectivity index (χ0n) is 14.3. The van der Waals surface area contributed by atoms with Crippen molar-refractivity contribution in [2.75, 3.05) is 30.3 Å². The molecule has 0 bridgehead atoms. The summed E-state index contributed by atoms with van der Waals surface area (Å²) in [5.74, 6) is 1.56. The molecule has 0 radical (unpaired) electrons. The van der Waals surface area contributed by atoms with Gasteiger partial charge in [-0.1, -0.05) is 30.3 Å². The first kappa shape index (κ1) is 16.7. The van der Waals surface area contributed by atoms with E-state index in [1.54, 1.807) is 0 Å². The van der Waals surface area contributed by atoms with Gasteiger partial charge in [-0.25, -0.2) is 4.98 Å². The molecule has 1 aliphatic heterocycles. The Morgan fingerprint density at radius 1 is 1.17 bits per heavy atom. The number of hydrogen-bond acceptors (Lipinski definition) is 5. The molecule has 24 heavy (non-hydrogen) atoms. The number of nitrogens with one attached hydrogen (secondary N) is 2. The van der Waals surface area contributed by atoms with Gasteiger partial charge in [-0.3, -0.25) is 0 Å². The Hall–Kier alpha value is -2.14. The summed E-state index contributed by atoms with van der Waals surface area (Å²) >= 11 is 0. The molecule has 1 unspecified atom stereocenters. The van der Waals surface area contributed by atoms with Crippen molar-refractivity contribution >= 4 is 11.8 Å². The van der Waals surface area contributed by atoms with Gasteiger partial charge in [0.05, 0.1) is 6.10 Å². The van der Waals surface area contributed by atoms with Gasteiger partial charge in [-0.15, -0.1) is 0 Å². The van der Waals surface area contributed by atoms with Gasteiger partial charge in [0.25, 0.3) is 0 Å². The summed E-state index contributed by atoms with van der Waals surface area (Å²) in [5.41, 5.74) is 2.33. The fraction of sp³-hybridized carbons (Fsp3) is 0.474. The molecular formula is C19H26N4O. The highest BCUT2D eigenvalue weighted by Crippen LogP contribution is 2.14. The summed E-state index contributed by atoms with van der Waals surface area (Å²) in [4.78, 5) is 9.01. The molecule has 1 aromatic carbocycles. The maximum atomic E-state index is 5.64. The summed E-state index contributed by atoms with van der Waals surface area (Å²) in [7, 11) is 0. The average molecular weight is 326 g/mol. The number of anilines is 2. The maximum absolute atomic E-state index is 5.64. The first-order chi connectivity index (χ1) is 11.8. The van der Waals surface area contributed by atoms with Crippen LogP contribution in [0.2, 0.25) is 0 Å². The third-order valence-electron chi connectivity index (χ3n) is 4.16. The minimum atomic E-state index is 0.308. The van der Waals surface area contributed by atoms with Crippen molar-refractivity contribution in [1.82, 2.24) is 9.97 Å². The van der Waals surface area contributed by atoms with Gasteiger partial charge >= 0.3 is 0 Å². The van der Waals surface area contributed by atoms with Crippen LogP contribution in [0.15, 0.2) is 36.4 Å². The lowest BCUT2D eigenvalue weighted by molar-refractivity contribution is 0.120. The molecule has 128 valence electrons. The van der Waals surface area contributed by atoms with E-state index in [0.717, 1.165) is 56.9 Å². The molecule has 0 aliphatic carbocycles. The molecule has 2 heterocycles. The lowest BCUT2D eigenvalue weighted by Gasteiger charge is -2.13. The van der Waals surface area contributed by atoms with E-state index in [1.165, 1.54) is 5.56 Å². The Morgan fingerprint density at radius 3 is 2.83 bits per heavy atom. The molecule has 1 fully saturated rings. The predicted octanol–water partition coefficient (Wildman–Crippen LogP) is 3.42. The highest BCUT2D eigenvalue weighted by Gasteiger charge is 2.15. The molecule has 1 aliphatic rings. The van der Waals surface area contributed by atoms with E-state index in [1.807, 2.05) is 19.1 Å². The molecule has 2 N–H and O–H groups in total. The van der Waals surface area contributed by atoms with Gasteiger partial charge < -0.3 is 15.4 Å². The third-order valence-corrected chi connectivity index (χ3v) is 4.16. The monoisotopic (exact) mass is 326 g/mol.